The predicted octanol–water partition coefficient (Wildman–Crippen LogP) is 4.44. The van der Waals surface area contributed by atoms with Gasteiger partial charge in [-0.3, -0.25) is 0 Å². The lowest BCUT2D eigenvalue weighted by Gasteiger charge is -2.13. The average Bonchev–Trinajstić information content (AvgIpc) is 2.31. The van der Waals surface area contributed by atoms with Crippen molar-refractivity contribution >= 4 is 11.6 Å². The van der Waals surface area contributed by atoms with Gasteiger partial charge in [-0.2, -0.15) is 4.39 Å². The molecule has 2 rings (SSSR count). The smallest absolute Gasteiger partial charge is 0.405 e. The van der Waals surface area contributed by atoms with Gasteiger partial charge in [0, 0.05) is 17.3 Å². The van der Waals surface area contributed by atoms with E-state index in [1.807, 2.05) is 0 Å². The fourth-order valence-corrected chi connectivity index (χ4v) is 1.65. The second-order valence-corrected chi connectivity index (χ2v) is 3.95. The van der Waals surface area contributed by atoms with Crippen molar-refractivity contribution in [2.75, 3.05) is 0 Å². The molecule has 2 aromatic rings. The largest absolute Gasteiger partial charge is 0.573 e. The first kappa shape index (κ1) is 13.6. The van der Waals surface area contributed by atoms with Crippen molar-refractivity contribution in [3.63, 3.8) is 0 Å². The van der Waals surface area contributed by atoms with Crippen molar-refractivity contribution in [1.29, 1.82) is 0 Å². The van der Waals surface area contributed by atoms with Gasteiger partial charge in [0.05, 0.1) is 5.02 Å². The van der Waals surface area contributed by atoms with Gasteiger partial charge in [0.15, 0.2) is 0 Å². The van der Waals surface area contributed by atoms with Crippen LogP contribution in [0.2, 0.25) is 5.02 Å². The third kappa shape index (κ3) is 3.35. The molecule has 0 saturated carbocycles. The normalized spacial score (nSPS) is 11.4. The molecule has 0 amide bonds. The summed E-state index contributed by atoms with van der Waals surface area (Å²) in [5.41, 5.74) is 0.348. The lowest BCUT2D eigenvalue weighted by molar-refractivity contribution is -0.274. The van der Waals surface area contributed by atoms with Crippen molar-refractivity contribution in [1.82, 2.24) is 4.98 Å². The summed E-state index contributed by atoms with van der Waals surface area (Å²) < 4.78 is 53.6. The van der Waals surface area contributed by atoms with E-state index in [4.69, 9.17) is 11.6 Å². The van der Waals surface area contributed by atoms with Crippen LogP contribution in [-0.2, 0) is 0 Å². The molecular formula is C12H6ClF4NO. The van der Waals surface area contributed by atoms with Gasteiger partial charge in [-0.1, -0.05) is 29.8 Å². The van der Waals surface area contributed by atoms with Gasteiger partial charge in [0.2, 0.25) is 5.95 Å². The molecule has 1 aromatic heterocycles. The van der Waals surface area contributed by atoms with E-state index in [0.29, 0.717) is 0 Å². The van der Waals surface area contributed by atoms with Gasteiger partial charge in [0.1, 0.15) is 5.75 Å². The zero-order chi connectivity index (χ0) is 14.0. The highest BCUT2D eigenvalue weighted by molar-refractivity contribution is 6.30. The molecule has 0 unspecified atom stereocenters. The van der Waals surface area contributed by atoms with Gasteiger partial charge in [-0.05, 0) is 12.1 Å². The Kier molecular flexibility index (Phi) is 3.61. The molecule has 7 heteroatoms. The Labute approximate surface area is 110 Å². The number of alkyl halides is 3. The van der Waals surface area contributed by atoms with E-state index in [2.05, 4.69) is 9.72 Å². The first-order valence-corrected chi connectivity index (χ1v) is 5.41. The van der Waals surface area contributed by atoms with Crippen molar-refractivity contribution in [2.24, 2.45) is 0 Å². The van der Waals surface area contributed by atoms with E-state index in [0.717, 1.165) is 12.3 Å². The Hall–Kier alpha value is -1.82. The van der Waals surface area contributed by atoms with E-state index in [1.54, 1.807) is 0 Å². The molecule has 0 bridgehead atoms. The Morgan fingerprint density at radius 3 is 2.47 bits per heavy atom. The summed E-state index contributed by atoms with van der Waals surface area (Å²) in [6, 6.07) is 6.65. The molecule has 0 aliphatic carbocycles. The van der Waals surface area contributed by atoms with E-state index in [1.165, 1.54) is 24.3 Å². The van der Waals surface area contributed by atoms with Gasteiger partial charge >= 0.3 is 6.36 Å². The summed E-state index contributed by atoms with van der Waals surface area (Å²) in [6.45, 7) is 0. The molecule has 2 nitrogen and oxygen atoms in total. The highest BCUT2D eigenvalue weighted by Gasteiger charge is 2.32. The van der Waals surface area contributed by atoms with E-state index in [-0.39, 0.29) is 16.1 Å². The molecule has 0 radical (unpaired) electrons. The standard InChI is InChI=1S/C12H6ClF4NO/c13-9-5-7(6-18-11(9)14)8-3-1-2-4-10(8)19-12(15,16)17/h1-6H. The summed E-state index contributed by atoms with van der Waals surface area (Å²) >= 11 is 5.55. The van der Waals surface area contributed by atoms with E-state index >= 15 is 0 Å². The Morgan fingerprint density at radius 1 is 1.16 bits per heavy atom. The van der Waals surface area contributed by atoms with Crippen LogP contribution in [0.15, 0.2) is 36.5 Å². The molecule has 1 heterocycles. The fourth-order valence-electron chi connectivity index (χ4n) is 1.49. The van der Waals surface area contributed by atoms with Crippen LogP contribution in [-0.4, -0.2) is 11.3 Å². The molecular weight excluding hydrogens is 286 g/mol. The van der Waals surface area contributed by atoms with Crippen LogP contribution in [0.5, 0.6) is 5.75 Å². The van der Waals surface area contributed by atoms with E-state index < -0.39 is 18.1 Å². The van der Waals surface area contributed by atoms with Crippen molar-refractivity contribution in [3.05, 3.63) is 47.5 Å². The molecule has 19 heavy (non-hydrogen) atoms. The lowest BCUT2D eigenvalue weighted by Crippen LogP contribution is -2.17. The molecule has 0 aliphatic rings. The highest BCUT2D eigenvalue weighted by Crippen LogP contribution is 2.34. The van der Waals surface area contributed by atoms with Crippen LogP contribution in [0.4, 0.5) is 17.6 Å². The molecule has 0 fully saturated rings. The number of aromatic nitrogens is 1. The molecule has 0 spiro atoms. The minimum Gasteiger partial charge on any atom is -0.405 e. The van der Waals surface area contributed by atoms with Gasteiger partial charge in [0.25, 0.3) is 0 Å². The Bertz CT molecular complexity index is 601. The fraction of sp³-hybridized carbons (Fsp3) is 0.0833. The summed E-state index contributed by atoms with van der Waals surface area (Å²) in [4.78, 5) is 3.36. The molecule has 0 aliphatic heterocycles. The van der Waals surface area contributed by atoms with Crippen molar-refractivity contribution in [3.8, 4) is 16.9 Å². The predicted molar refractivity (Wildman–Crippen MR) is 61.3 cm³/mol. The molecule has 0 N–H and O–H groups in total. The lowest BCUT2D eigenvalue weighted by atomic mass is 10.1. The van der Waals surface area contributed by atoms with Gasteiger partial charge in [-0.25, -0.2) is 4.98 Å². The number of hydrogen-bond donors (Lipinski definition) is 0. The maximum atomic E-state index is 12.9. The number of hydrogen-bond acceptors (Lipinski definition) is 2. The molecule has 0 saturated heterocycles. The van der Waals surface area contributed by atoms with Crippen LogP contribution in [0.25, 0.3) is 11.1 Å². The Balaban J connectivity index is 2.47. The number of benzene rings is 1. The topological polar surface area (TPSA) is 22.1 Å². The number of para-hydroxylation sites is 1. The number of ether oxygens (including phenoxy) is 1. The summed E-state index contributed by atoms with van der Waals surface area (Å²) in [6.07, 6.45) is -3.73. The summed E-state index contributed by atoms with van der Waals surface area (Å²) in [5.74, 6) is -1.29. The first-order chi connectivity index (χ1) is 8.87. The van der Waals surface area contributed by atoms with Crippen molar-refractivity contribution < 1.29 is 22.3 Å². The Morgan fingerprint density at radius 2 is 1.84 bits per heavy atom. The highest BCUT2D eigenvalue weighted by atomic mass is 35.5. The van der Waals surface area contributed by atoms with Crippen LogP contribution in [0, 0.1) is 5.95 Å². The molecule has 0 atom stereocenters. The van der Waals surface area contributed by atoms with Gasteiger partial charge in [-0.15, -0.1) is 13.2 Å². The minimum absolute atomic E-state index is 0.120. The quantitative estimate of drug-likeness (QED) is 0.603. The third-order valence-electron chi connectivity index (χ3n) is 2.22. The second-order valence-electron chi connectivity index (χ2n) is 3.54. The van der Waals surface area contributed by atoms with Crippen LogP contribution >= 0.6 is 11.6 Å². The van der Waals surface area contributed by atoms with Gasteiger partial charge < -0.3 is 4.74 Å². The SMILES string of the molecule is Fc1ncc(-c2ccccc2OC(F)(F)F)cc1Cl. The minimum atomic E-state index is -4.81. The monoisotopic (exact) mass is 291 g/mol. The average molecular weight is 292 g/mol. The van der Waals surface area contributed by atoms with Crippen LogP contribution < -0.4 is 4.74 Å². The van der Waals surface area contributed by atoms with Crippen LogP contribution in [0.3, 0.4) is 0 Å². The third-order valence-corrected chi connectivity index (χ3v) is 2.49. The number of pyridine rings is 1. The number of nitrogens with zero attached hydrogens (tertiary/aromatic N) is 1. The maximum Gasteiger partial charge on any atom is 0.573 e. The summed E-state index contributed by atoms with van der Waals surface area (Å²) in [5, 5.41) is -0.278. The molecule has 1 aromatic carbocycles. The zero-order valence-corrected chi connectivity index (χ0v) is 9.97. The zero-order valence-electron chi connectivity index (χ0n) is 9.21. The van der Waals surface area contributed by atoms with Crippen molar-refractivity contribution in [2.45, 2.75) is 6.36 Å². The van der Waals surface area contributed by atoms with E-state index in [9.17, 15) is 17.6 Å². The summed E-state index contributed by atoms with van der Waals surface area (Å²) in [7, 11) is 0. The number of rotatable bonds is 2. The van der Waals surface area contributed by atoms with Crippen LogP contribution in [0.1, 0.15) is 0 Å². The second kappa shape index (κ2) is 5.05. The first-order valence-electron chi connectivity index (χ1n) is 5.03. The molecule has 100 valence electrons. The maximum absolute atomic E-state index is 12.9. The number of halogens is 5.